The lowest BCUT2D eigenvalue weighted by atomic mass is 9.90. The van der Waals surface area contributed by atoms with E-state index in [1.165, 1.54) is 11.6 Å². The Balaban J connectivity index is 1.79. The lowest BCUT2D eigenvalue weighted by Crippen LogP contribution is -2.30. The van der Waals surface area contributed by atoms with Crippen LogP contribution >= 0.6 is 11.6 Å². The minimum Gasteiger partial charge on any atom is -0.493 e. The number of rotatable bonds is 5. The summed E-state index contributed by atoms with van der Waals surface area (Å²) in [5.74, 6) is 1.36. The summed E-state index contributed by atoms with van der Waals surface area (Å²) in [5.41, 5.74) is 2.30. The highest BCUT2D eigenvalue weighted by molar-refractivity contribution is 6.31. The molecule has 27 heavy (non-hydrogen) atoms. The number of nitrogens with one attached hydrogen (secondary N) is 1. The molecule has 2 aromatic carbocycles. The first-order valence-electron chi connectivity index (χ1n) is 8.67. The van der Waals surface area contributed by atoms with E-state index in [9.17, 15) is 13.2 Å². The topological polar surface area (TPSA) is 30.5 Å². The fourth-order valence-electron chi connectivity index (χ4n) is 3.45. The molecule has 7 heteroatoms. The lowest BCUT2D eigenvalue weighted by Gasteiger charge is -2.28. The molecule has 3 nitrogen and oxygen atoms in total. The maximum Gasteiger partial charge on any atom is 0.416 e. The van der Waals surface area contributed by atoms with Crippen molar-refractivity contribution in [1.82, 2.24) is 5.32 Å². The van der Waals surface area contributed by atoms with Crippen molar-refractivity contribution in [2.24, 2.45) is 0 Å². The first kappa shape index (κ1) is 19.8. The van der Waals surface area contributed by atoms with Gasteiger partial charge >= 0.3 is 6.18 Å². The molecule has 3 rings (SSSR count). The van der Waals surface area contributed by atoms with Crippen LogP contribution in [0.1, 0.15) is 34.7 Å². The van der Waals surface area contributed by atoms with Crippen LogP contribution in [0.25, 0.3) is 0 Å². The van der Waals surface area contributed by atoms with Crippen LogP contribution in [0.3, 0.4) is 0 Å². The Morgan fingerprint density at radius 1 is 1.11 bits per heavy atom. The van der Waals surface area contributed by atoms with Gasteiger partial charge in [-0.15, -0.1) is 0 Å². The van der Waals surface area contributed by atoms with E-state index in [2.05, 4.69) is 5.32 Å². The average molecular weight is 400 g/mol. The van der Waals surface area contributed by atoms with Gasteiger partial charge in [-0.3, -0.25) is 0 Å². The summed E-state index contributed by atoms with van der Waals surface area (Å²) in [6, 6.07) is 7.58. The number of alkyl halides is 3. The SMILES string of the molecule is COc1cc2c(cc1OC)[C@H](CCc1ccc(C(F)(F)F)cc1Cl)NCC2. The molecule has 2 aromatic rings. The van der Waals surface area contributed by atoms with Crippen LogP contribution in [0.2, 0.25) is 5.02 Å². The van der Waals surface area contributed by atoms with E-state index in [1.54, 1.807) is 14.2 Å². The van der Waals surface area contributed by atoms with E-state index < -0.39 is 11.7 Å². The van der Waals surface area contributed by atoms with Crippen LogP contribution < -0.4 is 14.8 Å². The van der Waals surface area contributed by atoms with Crippen LogP contribution in [0.5, 0.6) is 11.5 Å². The van der Waals surface area contributed by atoms with Crippen LogP contribution in [-0.2, 0) is 19.0 Å². The van der Waals surface area contributed by atoms with Crippen LogP contribution in [0.4, 0.5) is 13.2 Å². The lowest BCUT2D eigenvalue weighted by molar-refractivity contribution is -0.137. The predicted molar refractivity (Wildman–Crippen MR) is 98.8 cm³/mol. The molecule has 1 heterocycles. The molecule has 0 radical (unpaired) electrons. The number of ether oxygens (including phenoxy) is 2. The summed E-state index contributed by atoms with van der Waals surface area (Å²) in [6.07, 6.45) is -2.22. The molecule has 0 fully saturated rings. The molecule has 0 saturated heterocycles. The normalized spacial score (nSPS) is 16.7. The molecule has 0 spiro atoms. The molecule has 0 saturated carbocycles. The first-order chi connectivity index (χ1) is 12.8. The van der Waals surface area contributed by atoms with Gasteiger partial charge in [-0.25, -0.2) is 0 Å². The van der Waals surface area contributed by atoms with Gasteiger partial charge in [0.05, 0.1) is 19.8 Å². The van der Waals surface area contributed by atoms with Gasteiger partial charge in [0, 0.05) is 11.1 Å². The van der Waals surface area contributed by atoms with Gasteiger partial charge in [0.2, 0.25) is 0 Å². The quantitative estimate of drug-likeness (QED) is 0.750. The second kappa shape index (κ2) is 7.98. The van der Waals surface area contributed by atoms with Gasteiger partial charge < -0.3 is 14.8 Å². The second-order valence-electron chi connectivity index (χ2n) is 6.51. The third-order valence-electron chi connectivity index (χ3n) is 4.89. The number of hydrogen-bond donors (Lipinski definition) is 1. The second-order valence-corrected chi connectivity index (χ2v) is 6.91. The highest BCUT2D eigenvalue weighted by atomic mass is 35.5. The molecule has 0 aliphatic carbocycles. The summed E-state index contributed by atoms with van der Waals surface area (Å²) in [6.45, 7) is 0.827. The van der Waals surface area contributed by atoms with E-state index in [4.69, 9.17) is 21.1 Å². The summed E-state index contributed by atoms with van der Waals surface area (Å²) in [5, 5.41) is 3.62. The van der Waals surface area contributed by atoms with Crippen molar-refractivity contribution in [2.75, 3.05) is 20.8 Å². The Kier molecular flexibility index (Phi) is 5.86. The van der Waals surface area contributed by atoms with Gasteiger partial charge in [-0.2, -0.15) is 13.2 Å². The van der Waals surface area contributed by atoms with Crippen molar-refractivity contribution < 1.29 is 22.6 Å². The van der Waals surface area contributed by atoms with Crippen molar-refractivity contribution >= 4 is 11.6 Å². The van der Waals surface area contributed by atoms with Gasteiger partial charge in [0.15, 0.2) is 11.5 Å². The number of aryl methyl sites for hydroxylation is 1. The summed E-state index contributed by atoms with van der Waals surface area (Å²) in [7, 11) is 3.20. The molecular formula is C20H21ClF3NO2. The fourth-order valence-corrected chi connectivity index (χ4v) is 3.73. The fraction of sp³-hybridized carbons (Fsp3) is 0.400. The third-order valence-corrected chi connectivity index (χ3v) is 5.24. The van der Waals surface area contributed by atoms with Gasteiger partial charge in [-0.1, -0.05) is 17.7 Å². The molecule has 0 bridgehead atoms. The number of hydrogen-bond acceptors (Lipinski definition) is 3. The zero-order valence-electron chi connectivity index (χ0n) is 15.1. The molecule has 1 N–H and O–H groups in total. The zero-order chi connectivity index (χ0) is 19.6. The Hall–Kier alpha value is -1.92. The van der Waals surface area contributed by atoms with E-state index in [0.29, 0.717) is 29.9 Å². The first-order valence-corrected chi connectivity index (χ1v) is 9.05. The third kappa shape index (κ3) is 4.33. The molecule has 0 unspecified atom stereocenters. The Bertz CT molecular complexity index is 824. The molecule has 1 aliphatic heterocycles. The van der Waals surface area contributed by atoms with E-state index in [-0.39, 0.29) is 11.1 Å². The number of halogens is 4. The summed E-state index contributed by atoms with van der Waals surface area (Å²) < 4.78 is 49.1. The minimum absolute atomic E-state index is 0.0758. The minimum atomic E-state index is -4.39. The van der Waals surface area contributed by atoms with Crippen molar-refractivity contribution in [3.05, 3.63) is 57.6 Å². The maximum absolute atomic E-state index is 12.8. The highest BCUT2D eigenvalue weighted by Gasteiger charge is 2.31. The molecule has 0 amide bonds. The zero-order valence-corrected chi connectivity index (χ0v) is 15.9. The highest BCUT2D eigenvalue weighted by Crippen LogP contribution is 2.37. The predicted octanol–water partition coefficient (Wildman–Crippen LogP) is 5.20. The monoisotopic (exact) mass is 399 g/mol. The molecular weight excluding hydrogens is 379 g/mol. The van der Waals surface area contributed by atoms with Crippen molar-refractivity contribution in [1.29, 1.82) is 0 Å². The largest absolute Gasteiger partial charge is 0.493 e. The smallest absolute Gasteiger partial charge is 0.416 e. The van der Waals surface area contributed by atoms with Crippen molar-refractivity contribution in [3.8, 4) is 11.5 Å². The Morgan fingerprint density at radius 3 is 2.44 bits per heavy atom. The van der Waals surface area contributed by atoms with Gasteiger partial charge in [0.25, 0.3) is 0 Å². The van der Waals surface area contributed by atoms with E-state index >= 15 is 0 Å². The van der Waals surface area contributed by atoms with Crippen LogP contribution in [0, 0.1) is 0 Å². The molecule has 146 valence electrons. The number of benzene rings is 2. The molecule has 0 aromatic heterocycles. The van der Waals surface area contributed by atoms with Crippen molar-refractivity contribution in [2.45, 2.75) is 31.5 Å². The summed E-state index contributed by atoms with van der Waals surface area (Å²) in [4.78, 5) is 0. The molecule has 1 aliphatic rings. The Labute approximate surface area is 161 Å². The summed E-state index contributed by atoms with van der Waals surface area (Å²) >= 11 is 6.08. The molecule has 1 atom stereocenters. The number of methoxy groups -OCH3 is 2. The number of fused-ring (bicyclic) bond motifs is 1. The van der Waals surface area contributed by atoms with E-state index in [1.807, 2.05) is 12.1 Å². The average Bonchev–Trinajstić information content (AvgIpc) is 2.65. The Morgan fingerprint density at radius 2 is 1.81 bits per heavy atom. The van der Waals surface area contributed by atoms with Gasteiger partial charge in [-0.05, 0) is 66.8 Å². The van der Waals surface area contributed by atoms with Crippen LogP contribution in [-0.4, -0.2) is 20.8 Å². The van der Waals surface area contributed by atoms with Crippen LogP contribution in [0.15, 0.2) is 30.3 Å². The van der Waals surface area contributed by atoms with E-state index in [0.717, 1.165) is 30.7 Å². The van der Waals surface area contributed by atoms with Gasteiger partial charge in [0.1, 0.15) is 0 Å². The maximum atomic E-state index is 12.8. The standard InChI is InChI=1S/C20H21ClF3NO2/c1-26-18-9-13-7-8-25-17(15(13)11-19(18)27-2)6-4-12-3-5-14(10-16(12)21)20(22,23)24/h3,5,9-11,17,25H,4,6-8H2,1-2H3/t17-/m0/s1. The van der Waals surface area contributed by atoms with Crippen molar-refractivity contribution in [3.63, 3.8) is 0 Å².